The smallest absolute Gasteiger partial charge is 0.208 e. The molecule has 0 spiro atoms. The molecule has 7 nitrogen and oxygen atoms in total. The van der Waals surface area contributed by atoms with Gasteiger partial charge in [-0.25, -0.2) is 13.1 Å². The molecule has 0 unspecified atom stereocenters. The minimum atomic E-state index is -3.14. The first kappa shape index (κ1) is 16.2. The third kappa shape index (κ3) is 3.72. The summed E-state index contributed by atoms with van der Waals surface area (Å²) in [5.74, 6) is 0. The molecule has 2 N–H and O–H groups in total. The largest absolute Gasteiger partial charge is 0.328 e. The maximum atomic E-state index is 11.0. The topological polar surface area (TPSA) is 84.7 Å². The summed E-state index contributed by atoms with van der Waals surface area (Å²) in [7, 11) is -1.24. The van der Waals surface area contributed by atoms with Crippen LogP contribution >= 0.6 is 12.2 Å². The lowest BCUT2D eigenvalue weighted by molar-refractivity contribution is 0.573. The van der Waals surface area contributed by atoms with E-state index >= 15 is 0 Å². The van der Waals surface area contributed by atoms with Gasteiger partial charge >= 0.3 is 0 Å². The number of aromatic amines is 1. The molecule has 9 heteroatoms. The van der Waals surface area contributed by atoms with Crippen molar-refractivity contribution in [2.45, 2.75) is 32.7 Å². The zero-order chi connectivity index (χ0) is 15.6. The van der Waals surface area contributed by atoms with E-state index in [1.165, 1.54) is 0 Å². The molecule has 0 bridgehead atoms. The quantitative estimate of drug-likeness (QED) is 0.592. The number of nitrogens with one attached hydrogen (secondary N) is 2. The van der Waals surface area contributed by atoms with E-state index in [1.807, 2.05) is 16.3 Å². The number of aromatic nitrogens is 4. The molecule has 0 aliphatic carbocycles. The third-order valence-electron chi connectivity index (χ3n) is 3.23. The highest BCUT2D eigenvalue weighted by molar-refractivity contribution is 7.88. The van der Waals surface area contributed by atoms with Gasteiger partial charge in [-0.1, -0.05) is 13.3 Å². The Morgan fingerprint density at radius 1 is 1.43 bits per heavy atom. The van der Waals surface area contributed by atoms with Crippen LogP contribution in [0, 0.1) is 4.77 Å². The van der Waals surface area contributed by atoms with E-state index in [9.17, 15) is 8.42 Å². The molecule has 0 radical (unpaired) electrons. The Kier molecular flexibility index (Phi) is 4.84. The van der Waals surface area contributed by atoms with Crippen molar-refractivity contribution >= 4 is 33.4 Å². The molecule has 2 aromatic heterocycles. The fourth-order valence-electron chi connectivity index (χ4n) is 2.39. The highest BCUT2D eigenvalue weighted by Gasteiger charge is 2.14. The van der Waals surface area contributed by atoms with Crippen molar-refractivity contribution in [1.82, 2.24) is 24.1 Å². The predicted molar refractivity (Wildman–Crippen MR) is 85.3 cm³/mol. The molecule has 0 amide bonds. The van der Waals surface area contributed by atoms with Gasteiger partial charge in [0.25, 0.3) is 0 Å². The number of imidazole rings is 1. The molecule has 0 saturated heterocycles. The Labute approximate surface area is 129 Å². The summed E-state index contributed by atoms with van der Waals surface area (Å²) >= 11 is 5.36. The Balaban J connectivity index is 2.20. The minimum absolute atomic E-state index is 0.396. The predicted octanol–water partition coefficient (Wildman–Crippen LogP) is 1.32. The molecule has 0 saturated carbocycles. The lowest BCUT2D eigenvalue weighted by Gasteiger charge is -2.05. The summed E-state index contributed by atoms with van der Waals surface area (Å²) in [6.45, 7) is 3.16. The fourth-order valence-corrected chi connectivity index (χ4v) is 3.19. The monoisotopic (exact) mass is 331 g/mol. The van der Waals surface area contributed by atoms with E-state index in [0.29, 0.717) is 24.3 Å². The van der Waals surface area contributed by atoms with Gasteiger partial charge in [0, 0.05) is 20.1 Å². The van der Waals surface area contributed by atoms with Crippen molar-refractivity contribution in [3.63, 3.8) is 0 Å². The molecule has 21 heavy (non-hydrogen) atoms. The molecule has 0 fully saturated rings. The number of hydrogen-bond acceptors (Lipinski definition) is 4. The van der Waals surface area contributed by atoms with Crippen LogP contribution in [0.4, 0.5) is 0 Å². The van der Waals surface area contributed by atoms with Gasteiger partial charge in [0.1, 0.15) is 5.52 Å². The van der Waals surface area contributed by atoms with Crippen LogP contribution in [0.2, 0.25) is 0 Å². The number of H-pyrrole nitrogens is 1. The first-order valence-electron chi connectivity index (χ1n) is 6.92. The molecular weight excluding hydrogens is 310 g/mol. The number of sulfonamides is 1. The zero-order valence-electron chi connectivity index (χ0n) is 12.5. The van der Waals surface area contributed by atoms with Crippen LogP contribution in [0.3, 0.4) is 0 Å². The van der Waals surface area contributed by atoms with Crippen LogP contribution in [-0.2, 0) is 30.0 Å². The first-order valence-corrected chi connectivity index (χ1v) is 9.22. The summed E-state index contributed by atoms with van der Waals surface area (Å²) in [4.78, 5) is 3.21. The Morgan fingerprint density at radius 2 is 2.14 bits per heavy atom. The number of rotatable bonds is 7. The van der Waals surface area contributed by atoms with Gasteiger partial charge < -0.3 is 9.55 Å². The van der Waals surface area contributed by atoms with E-state index in [-0.39, 0.29) is 0 Å². The molecule has 118 valence electrons. The van der Waals surface area contributed by atoms with E-state index in [4.69, 9.17) is 12.2 Å². The van der Waals surface area contributed by atoms with Gasteiger partial charge in [0.2, 0.25) is 10.0 Å². The molecule has 0 atom stereocenters. The lowest BCUT2D eigenvalue weighted by atomic mass is 10.2. The Morgan fingerprint density at radius 3 is 2.76 bits per heavy atom. The number of hydrogen-bond donors (Lipinski definition) is 2. The Bertz CT molecular complexity index is 785. The SMILES string of the molecule is CCCc1nn(C)c2c1[nH]c(=S)n2CCCNS(C)(=O)=O. The minimum Gasteiger partial charge on any atom is -0.328 e. The third-order valence-corrected chi connectivity index (χ3v) is 4.28. The summed E-state index contributed by atoms with van der Waals surface area (Å²) in [5, 5.41) is 4.52. The summed E-state index contributed by atoms with van der Waals surface area (Å²) in [6.07, 6.45) is 3.76. The molecular formula is C12H21N5O2S2. The maximum absolute atomic E-state index is 11.0. The van der Waals surface area contributed by atoms with E-state index in [2.05, 4.69) is 21.7 Å². The highest BCUT2D eigenvalue weighted by atomic mass is 32.2. The number of nitrogens with zero attached hydrogens (tertiary/aromatic N) is 3. The highest BCUT2D eigenvalue weighted by Crippen LogP contribution is 2.19. The van der Waals surface area contributed by atoms with Crippen molar-refractivity contribution in [2.24, 2.45) is 7.05 Å². The van der Waals surface area contributed by atoms with Crippen molar-refractivity contribution in [3.8, 4) is 0 Å². The second-order valence-corrected chi connectivity index (χ2v) is 7.34. The van der Waals surface area contributed by atoms with Crippen molar-refractivity contribution in [3.05, 3.63) is 10.5 Å². The van der Waals surface area contributed by atoms with Crippen LogP contribution < -0.4 is 4.72 Å². The van der Waals surface area contributed by atoms with Crippen LogP contribution in [0.5, 0.6) is 0 Å². The standard InChI is InChI=1S/C12H21N5O2S2/c1-4-6-9-10-11(16(2)15-9)17(12(20)14-10)8-5-7-13-21(3,18)19/h13H,4-8H2,1-3H3,(H,14,20). The Hall–Kier alpha value is -1.19. The van der Waals surface area contributed by atoms with E-state index < -0.39 is 10.0 Å². The molecule has 2 heterocycles. The maximum Gasteiger partial charge on any atom is 0.208 e. The zero-order valence-corrected chi connectivity index (χ0v) is 14.1. The van der Waals surface area contributed by atoms with Crippen LogP contribution in [0.1, 0.15) is 25.5 Å². The average Bonchev–Trinajstić information content (AvgIpc) is 2.84. The second kappa shape index (κ2) is 6.29. The van der Waals surface area contributed by atoms with E-state index in [0.717, 1.165) is 36.0 Å². The van der Waals surface area contributed by atoms with Gasteiger partial charge in [-0.2, -0.15) is 5.10 Å². The second-order valence-electron chi connectivity index (χ2n) is 5.12. The fraction of sp³-hybridized carbons (Fsp3) is 0.667. The normalized spacial score (nSPS) is 12.3. The van der Waals surface area contributed by atoms with Gasteiger partial charge in [-0.15, -0.1) is 0 Å². The van der Waals surface area contributed by atoms with Crippen LogP contribution in [-0.4, -0.2) is 40.5 Å². The molecule has 0 aliphatic rings. The lowest BCUT2D eigenvalue weighted by Crippen LogP contribution is -2.24. The number of fused-ring (bicyclic) bond motifs is 1. The van der Waals surface area contributed by atoms with Gasteiger partial charge in [-0.05, 0) is 25.1 Å². The van der Waals surface area contributed by atoms with Crippen molar-refractivity contribution < 1.29 is 8.42 Å². The van der Waals surface area contributed by atoms with Gasteiger partial charge in [-0.3, -0.25) is 4.68 Å². The molecule has 0 aliphatic heterocycles. The van der Waals surface area contributed by atoms with Crippen LogP contribution in [0.15, 0.2) is 0 Å². The van der Waals surface area contributed by atoms with Crippen molar-refractivity contribution in [1.29, 1.82) is 0 Å². The molecule has 0 aromatic carbocycles. The summed E-state index contributed by atoms with van der Waals surface area (Å²) in [6, 6.07) is 0. The molecule has 2 aromatic rings. The van der Waals surface area contributed by atoms with Crippen LogP contribution in [0.25, 0.3) is 11.2 Å². The van der Waals surface area contributed by atoms with Gasteiger partial charge in [0.05, 0.1) is 11.9 Å². The summed E-state index contributed by atoms with van der Waals surface area (Å²) < 4.78 is 29.0. The number of aryl methyl sites for hydroxylation is 3. The van der Waals surface area contributed by atoms with Gasteiger partial charge in [0.15, 0.2) is 10.4 Å². The van der Waals surface area contributed by atoms with E-state index in [1.54, 1.807) is 0 Å². The van der Waals surface area contributed by atoms with Crippen molar-refractivity contribution in [2.75, 3.05) is 12.8 Å². The average molecular weight is 331 g/mol. The molecule has 2 rings (SSSR count). The summed E-state index contributed by atoms with van der Waals surface area (Å²) in [5.41, 5.74) is 2.97. The first-order chi connectivity index (χ1) is 9.83.